The molecule has 1 fully saturated rings. The molecule has 11 heteroatoms. The summed E-state index contributed by atoms with van der Waals surface area (Å²) in [5.41, 5.74) is 1.37. The molecule has 1 aliphatic rings. The number of anilines is 1. The van der Waals surface area contributed by atoms with Crippen LogP contribution >= 0.6 is 27.5 Å². The van der Waals surface area contributed by atoms with Gasteiger partial charge in [0.25, 0.3) is 11.8 Å². The van der Waals surface area contributed by atoms with Crippen molar-refractivity contribution in [3.05, 3.63) is 92.4 Å². The van der Waals surface area contributed by atoms with E-state index < -0.39 is 23.8 Å². The van der Waals surface area contributed by atoms with Gasteiger partial charge in [-0.25, -0.2) is 14.5 Å². The number of barbiturate groups is 1. The third-order valence-electron chi connectivity index (χ3n) is 5.63. The minimum atomic E-state index is -0.909. The number of urea groups is 1. The zero-order valence-corrected chi connectivity index (χ0v) is 23.2. The zero-order valence-electron chi connectivity index (χ0n) is 20.8. The van der Waals surface area contributed by atoms with Crippen molar-refractivity contribution < 1.29 is 33.4 Å². The molecule has 3 aromatic carbocycles. The molecule has 0 spiro atoms. The number of nitrogens with zero attached hydrogens (tertiary/aromatic N) is 1. The topological polar surface area (TPSA) is 111 Å². The maximum Gasteiger partial charge on any atom is 0.338 e. The van der Waals surface area contributed by atoms with Crippen molar-refractivity contribution in [2.24, 2.45) is 0 Å². The molecule has 0 radical (unpaired) electrons. The van der Waals surface area contributed by atoms with Crippen molar-refractivity contribution in [2.75, 3.05) is 18.6 Å². The first-order valence-corrected chi connectivity index (χ1v) is 12.8. The molecule has 0 bridgehead atoms. The molecule has 1 saturated heterocycles. The fourth-order valence-electron chi connectivity index (χ4n) is 3.75. The maximum absolute atomic E-state index is 13.3. The molecule has 4 rings (SSSR count). The zero-order chi connectivity index (χ0) is 28.1. The van der Waals surface area contributed by atoms with E-state index in [1.54, 1.807) is 25.1 Å². The number of hydrogen-bond donors (Lipinski definition) is 1. The van der Waals surface area contributed by atoms with Crippen molar-refractivity contribution in [3.63, 3.8) is 0 Å². The lowest BCUT2D eigenvalue weighted by Crippen LogP contribution is -2.54. The molecule has 3 aromatic rings. The average molecular weight is 614 g/mol. The minimum Gasteiger partial charge on any atom is -0.493 e. The highest BCUT2D eigenvalue weighted by molar-refractivity contribution is 9.10. The number of nitrogens with one attached hydrogen (secondary N) is 1. The van der Waals surface area contributed by atoms with Crippen molar-refractivity contribution in [2.45, 2.75) is 13.5 Å². The number of imide groups is 2. The summed E-state index contributed by atoms with van der Waals surface area (Å²) in [6, 6.07) is 15.3. The van der Waals surface area contributed by atoms with Crippen LogP contribution in [0.3, 0.4) is 0 Å². The fraction of sp³-hybridized carbons (Fsp3) is 0.143. The summed E-state index contributed by atoms with van der Waals surface area (Å²) < 4.78 is 16.9. The SMILES string of the molecule is CCOC(=O)c1ccc(N2C(=O)NC(=O)/C(=C\c3cc(Br)c(OCc4ccccc4Cl)c(OC)c3)C2=O)cc1. The van der Waals surface area contributed by atoms with E-state index in [2.05, 4.69) is 21.2 Å². The third-order valence-corrected chi connectivity index (χ3v) is 6.59. The molecule has 0 saturated carbocycles. The van der Waals surface area contributed by atoms with E-state index in [4.69, 9.17) is 25.8 Å². The number of carbonyl (C=O) groups excluding carboxylic acids is 4. The van der Waals surface area contributed by atoms with Gasteiger partial charge >= 0.3 is 12.0 Å². The molecule has 0 aromatic heterocycles. The summed E-state index contributed by atoms with van der Waals surface area (Å²) in [6.45, 7) is 2.07. The van der Waals surface area contributed by atoms with Crippen molar-refractivity contribution in [3.8, 4) is 11.5 Å². The summed E-state index contributed by atoms with van der Waals surface area (Å²) in [5.74, 6) is -1.47. The van der Waals surface area contributed by atoms with Gasteiger partial charge in [-0.15, -0.1) is 0 Å². The molecule has 1 heterocycles. The summed E-state index contributed by atoms with van der Waals surface area (Å²) >= 11 is 9.68. The summed E-state index contributed by atoms with van der Waals surface area (Å²) in [7, 11) is 1.46. The molecule has 200 valence electrons. The predicted octanol–water partition coefficient (Wildman–Crippen LogP) is 5.53. The number of methoxy groups -OCH3 is 1. The van der Waals surface area contributed by atoms with Gasteiger partial charge in [0.05, 0.1) is 29.4 Å². The van der Waals surface area contributed by atoms with Gasteiger partial charge in [0.1, 0.15) is 12.2 Å². The Kier molecular flexibility index (Phi) is 8.68. The lowest BCUT2D eigenvalue weighted by atomic mass is 10.1. The Balaban J connectivity index is 1.61. The molecular weight excluding hydrogens is 592 g/mol. The first-order valence-electron chi connectivity index (χ1n) is 11.7. The summed E-state index contributed by atoms with van der Waals surface area (Å²) in [4.78, 5) is 51.2. The van der Waals surface area contributed by atoms with Crippen molar-refractivity contribution in [1.82, 2.24) is 5.32 Å². The van der Waals surface area contributed by atoms with Crippen LogP contribution in [0.15, 0.2) is 70.7 Å². The second kappa shape index (κ2) is 12.1. The number of esters is 1. The molecular formula is C28H22BrClN2O7. The van der Waals surface area contributed by atoms with Gasteiger partial charge in [-0.1, -0.05) is 29.8 Å². The molecule has 1 N–H and O–H groups in total. The normalized spacial score (nSPS) is 14.3. The van der Waals surface area contributed by atoms with Gasteiger partial charge in [-0.2, -0.15) is 0 Å². The van der Waals surface area contributed by atoms with Crippen LogP contribution in [0.5, 0.6) is 11.5 Å². The van der Waals surface area contributed by atoms with Gasteiger partial charge in [-0.3, -0.25) is 14.9 Å². The van der Waals surface area contributed by atoms with Crippen LogP contribution in [0.4, 0.5) is 10.5 Å². The molecule has 39 heavy (non-hydrogen) atoms. The van der Waals surface area contributed by atoms with Crippen LogP contribution < -0.4 is 19.7 Å². The molecule has 9 nitrogen and oxygen atoms in total. The second-order valence-electron chi connectivity index (χ2n) is 8.14. The van der Waals surface area contributed by atoms with E-state index >= 15 is 0 Å². The van der Waals surface area contributed by atoms with E-state index in [0.717, 1.165) is 10.5 Å². The molecule has 4 amide bonds. The van der Waals surface area contributed by atoms with Gasteiger partial charge in [0, 0.05) is 10.6 Å². The molecule has 0 unspecified atom stereocenters. The summed E-state index contributed by atoms with van der Waals surface area (Å²) in [5, 5.41) is 2.73. The van der Waals surface area contributed by atoms with Gasteiger partial charge in [-0.05, 0) is 77.0 Å². The van der Waals surface area contributed by atoms with Crippen LogP contribution in [0.1, 0.15) is 28.4 Å². The number of carbonyl (C=O) groups is 4. The Morgan fingerprint density at radius 3 is 2.46 bits per heavy atom. The van der Waals surface area contributed by atoms with Crippen LogP contribution in [-0.2, 0) is 20.9 Å². The second-order valence-corrected chi connectivity index (χ2v) is 9.40. The number of ether oxygens (including phenoxy) is 3. The third kappa shape index (κ3) is 6.13. The number of hydrogen-bond acceptors (Lipinski definition) is 7. The molecule has 1 aliphatic heterocycles. The number of amides is 4. The lowest BCUT2D eigenvalue weighted by Gasteiger charge is -2.26. The first-order chi connectivity index (χ1) is 18.7. The smallest absolute Gasteiger partial charge is 0.338 e. The van der Waals surface area contributed by atoms with E-state index in [9.17, 15) is 19.2 Å². The minimum absolute atomic E-state index is 0.172. The van der Waals surface area contributed by atoms with Crippen LogP contribution in [0.2, 0.25) is 5.02 Å². The fourth-order valence-corrected chi connectivity index (χ4v) is 4.51. The van der Waals surface area contributed by atoms with Crippen molar-refractivity contribution >= 4 is 63.1 Å². The Bertz CT molecular complexity index is 1490. The lowest BCUT2D eigenvalue weighted by molar-refractivity contribution is -0.122. The van der Waals surface area contributed by atoms with E-state index in [1.807, 2.05) is 18.2 Å². The Morgan fingerprint density at radius 1 is 1.08 bits per heavy atom. The van der Waals surface area contributed by atoms with E-state index in [1.165, 1.54) is 37.5 Å². The summed E-state index contributed by atoms with van der Waals surface area (Å²) in [6.07, 6.45) is 1.34. The van der Waals surface area contributed by atoms with Gasteiger partial charge in [0.15, 0.2) is 11.5 Å². The average Bonchev–Trinajstić information content (AvgIpc) is 2.91. The highest BCUT2D eigenvalue weighted by Gasteiger charge is 2.37. The van der Waals surface area contributed by atoms with E-state index in [0.29, 0.717) is 26.6 Å². The quantitative estimate of drug-likeness (QED) is 0.202. The van der Waals surface area contributed by atoms with Crippen molar-refractivity contribution in [1.29, 1.82) is 0 Å². The highest BCUT2D eigenvalue weighted by atomic mass is 79.9. The first kappa shape index (κ1) is 27.9. The largest absolute Gasteiger partial charge is 0.493 e. The van der Waals surface area contributed by atoms with Gasteiger partial charge in [0.2, 0.25) is 0 Å². The standard InChI is InChI=1S/C28H22BrClN2O7/c1-3-38-27(35)17-8-10-19(11-9-17)32-26(34)20(25(33)31-28(32)36)12-16-13-21(29)24(23(14-16)37-2)39-15-18-6-4-5-7-22(18)30/h4-14H,3,15H2,1-2H3,(H,31,33,36)/b20-12+. The predicted molar refractivity (Wildman–Crippen MR) is 148 cm³/mol. The number of halogens is 2. The van der Waals surface area contributed by atoms with Crippen LogP contribution in [0.25, 0.3) is 6.08 Å². The van der Waals surface area contributed by atoms with Crippen LogP contribution in [0, 0.1) is 0 Å². The Hall–Kier alpha value is -4.15. The molecule has 0 aliphatic carbocycles. The maximum atomic E-state index is 13.3. The van der Waals surface area contributed by atoms with E-state index in [-0.39, 0.29) is 30.0 Å². The number of benzene rings is 3. The monoisotopic (exact) mass is 612 g/mol. The Labute approximate surface area is 237 Å². The Morgan fingerprint density at radius 2 is 1.79 bits per heavy atom. The number of rotatable bonds is 8. The highest BCUT2D eigenvalue weighted by Crippen LogP contribution is 2.38. The van der Waals surface area contributed by atoms with Gasteiger partial charge < -0.3 is 14.2 Å². The van der Waals surface area contributed by atoms with Crippen LogP contribution in [-0.4, -0.2) is 37.5 Å². The molecule has 0 atom stereocenters.